The molecule has 1 N–H and O–H groups in total. The van der Waals surface area contributed by atoms with Crippen molar-refractivity contribution in [3.63, 3.8) is 0 Å². The van der Waals surface area contributed by atoms with E-state index in [0.717, 1.165) is 10.0 Å². The molecule has 110 valence electrons. The van der Waals surface area contributed by atoms with Crippen molar-refractivity contribution in [2.45, 2.75) is 0 Å². The number of nitrogens with zero attached hydrogens (tertiary/aromatic N) is 3. The van der Waals surface area contributed by atoms with Gasteiger partial charge in [0.25, 0.3) is 0 Å². The highest BCUT2D eigenvalue weighted by Crippen LogP contribution is 2.17. The van der Waals surface area contributed by atoms with Gasteiger partial charge in [0.1, 0.15) is 5.82 Å². The Labute approximate surface area is 139 Å². The van der Waals surface area contributed by atoms with Crippen LogP contribution in [0.25, 0.3) is 11.4 Å². The molecule has 0 spiro atoms. The van der Waals surface area contributed by atoms with Crippen LogP contribution in [0.1, 0.15) is 5.56 Å². The van der Waals surface area contributed by atoms with E-state index in [1.807, 2.05) is 30.3 Å². The summed E-state index contributed by atoms with van der Waals surface area (Å²) in [7, 11) is 0. The topological polar surface area (TPSA) is 46.0 Å². The highest BCUT2D eigenvalue weighted by atomic mass is 79.9. The Bertz CT molecular complexity index is 886. The van der Waals surface area contributed by atoms with E-state index in [2.05, 4.69) is 31.2 Å². The van der Waals surface area contributed by atoms with Gasteiger partial charge in [0, 0.05) is 15.6 Å². The predicted molar refractivity (Wildman–Crippen MR) is 89.9 cm³/mol. The van der Waals surface area contributed by atoms with Crippen molar-refractivity contribution in [1.29, 1.82) is 0 Å². The molecule has 0 aliphatic rings. The van der Waals surface area contributed by atoms with Gasteiger partial charge in [-0.05, 0) is 30.4 Å². The first kappa shape index (κ1) is 14.8. The Morgan fingerprint density at radius 3 is 2.77 bits per heavy atom. The third kappa shape index (κ3) is 3.05. The highest BCUT2D eigenvalue weighted by molar-refractivity contribution is 9.10. The lowest BCUT2D eigenvalue weighted by Gasteiger charge is -2.01. The van der Waals surface area contributed by atoms with E-state index < -0.39 is 0 Å². The van der Waals surface area contributed by atoms with Crippen LogP contribution in [-0.4, -0.2) is 21.1 Å². The third-order valence-electron chi connectivity index (χ3n) is 2.95. The van der Waals surface area contributed by atoms with E-state index >= 15 is 0 Å². The molecule has 3 aromatic rings. The number of aromatic amines is 1. The van der Waals surface area contributed by atoms with Crippen LogP contribution < -0.4 is 0 Å². The zero-order chi connectivity index (χ0) is 15.5. The quantitative estimate of drug-likeness (QED) is 0.544. The molecule has 22 heavy (non-hydrogen) atoms. The Kier molecular flexibility index (Phi) is 4.26. The molecule has 0 saturated carbocycles. The summed E-state index contributed by atoms with van der Waals surface area (Å²) in [5, 5.41) is 11.1. The lowest BCUT2D eigenvalue weighted by atomic mass is 10.2. The molecule has 7 heteroatoms. The number of halogens is 2. The third-order valence-corrected chi connectivity index (χ3v) is 3.71. The minimum Gasteiger partial charge on any atom is -0.250 e. The van der Waals surface area contributed by atoms with Crippen LogP contribution in [0.5, 0.6) is 0 Å². The summed E-state index contributed by atoms with van der Waals surface area (Å²) in [4.78, 5) is 0. The zero-order valence-electron chi connectivity index (χ0n) is 11.2. The molecule has 0 bridgehead atoms. The van der Waals surface area contributed by atoms with Gasteiger partial charge in [-0.1, -0.05) is 46.3 Å². The van der Waals surface area contributed by atoms with Gasteiger partial charge in [0.05, 0.1) is 6.21 Å². The molecule has 0 radical (unpaired) electrons. The molecular weight excluding hydrogens is 367 g/mol. The standard InChI is InChI=1S/C15H10BrFN4S/c16-12-6-7-13(17)11(8-12)9-18-21-14(19-20-15(21)22)10-4-2-1-3-5-10/h1-9H,(H,20,22)/b18-9-. The summed E-state index contributed by atoms with van der Waals surface area (Å²) in [5.74, 6) is 0.209. The average molecular weight is 377 g/mol. The van der Waals surface area contributed by atoms with Gasteiger partial charge in [-0.2, -0.15) is 14.9 Å². The van der Waals surface area contributed by atoms with Crippen LogP contribution >= 0.6 is 28.1 Å². The number of hydrogen-bond acceptors (Lipinski definition) is 3. The molecule has 0 fully saturated rings. The second-order valence-electron chi connectivity index (χ2n) is 4.44. The van der Waals surface area contributed by atoms with Gasteiger partial charge in [0.2, 0.25) is 4.77 Å². The van der Waals surface area contributed by atoms with E-state index in [1.165, 1.54) is 17.0 Å². The lowest BCUT2D eigenvalue weighted by Crippen LogP contribution is -1.96. The maximum atomic E-state index is 13.8. The summed E-state index contributed by atoms with van der Waals surface area (Å²) in [6.45, 7) is 0. The first-order chi connectivity index (χ1) is 10.6. The van der Waals surface area contributed by atoms with Gasteiger partial charge in [0.15, 0.2) is 5.82 Å². The smallest absolute Gasteiger partial charge is 0.216 e. The summed E-state index contributed by atoms with van der Waals surface area (Å²) in [6.07, 6.45) is 1.41. The van der Waals surface area contributed by atoms with Crippen LogP contribution in [0.15, 0.2) is 58.1 Å². The molecule has 3 rings (SSSR count). The SMILES string of the molecule is Fc1ccc(Br)cc1/C=N\n1c(-c2ccccc2)n[nH]c1=S. The summed E-state index contributed by atoms with van der Waals surface area (Å²) in [5.41, 5.74) is 1.22. The van der Waals surface area contributed by atoms with E-state index in [-0.39, 0.29) is 5.82 Å². The van der Waals surface area contributed by atoms with Crippen molar-refractivity contribution < 1.29 is 4.39 Å². The van der Waals surface area contributed by atoms with Crippen molar-refractivity contribution >= 4 is 34.4 Å². The molecule has 2 aromatic carbocycles. The van der Waals surface area contributed by atoms with Crippen LogP contribution in [0.3, 0.4) is 0 Å². The molecule has 0 aliphatic carbocycles. The Hall–Kier alpha value is -2.12. The van der Waals surface area contributed by atoms with Crippen molar-refractivity contribution in [3.05, 3.63) is 69.2 Å². The normalized spacial score (nSPS) is 11.2. The largest absolute Gasteiger partial charge is 0.250 e. The fraction of sp³-hybridized carbons (Fsp3) is 0. The summed E-state index contributed by atoms with van der Waals surface area (Å²) >= 11 is 8.48. The minimum absolute atomic E-state index is 0.338. The van der Waals surface area contributed by atoms with Gasteiger partial charge < -0.3 is 0 Å². The van der Waals surface area contributed by atoms with E-state index in [4.69, 9.17) is 12.2 Å². The summed E-state index contributed by atoms with van der Waals surface area (Å²) < 4.78 is 16.3. The number of benzene rings is 2. The number of nitrogens with one attached hydrogen (secondary N) is 1. The second-order valence-corrected chi connectivity index (χ2v) is 5.74. The minimum atomic E-state index is -0.358. The van der Waals surface area contributed by atoms with Crippen LogP contribution in [0.4, 0.5) is 4.39 Å². The van der Waals surface area contributed by atoms with Crippen LogP contribution in [-0.2, 0) is 0 Å². The first-order valence-corrected chi connectivity index (χ1v) is 7.57. The molecule has 0 atom stereocenters. The molecule has 1 heterocycles. The van der Waals surface area contributed by atoms with Gasteiger partial charge >= 0.3 is 0 Å². The predicted octanol–water partition coefficient (Wildman–Crippen LogP) is 4.39. The second kappa shape index (κ2) is 6.33. The summed E-state index contributed by atoms with van der Waals surface area (Å²) in [6, 6.07) is 14.2. The molecule has 1 aromatic heterocycles. The fourth-order valence-electron chi connectivity index (χ4n) is 1.91. The number of hydrogen-bond donors (Lipinski definition) is 1. The van der Waals surface area contributed by atoms with Gasteiger partial charge in [-0.25, -0.2) is 9.49 Å². The lowest BCUT2D eigenvalue weighted by molar-refractivity contribution is 0.625. The highest BCUT2D eigenvalue weighted by Gasteiger charge is 2.07. The van der Waals surface area contributed by atoms with Crippen molar-refractivity contribution in [2.24, 2.45) is 5.10 Å². The van der Waals surface area contributed by atoms with Gasteiger partial charge in [-0.3, -0.25) is 0 Å². The average Bonchev–Trinajstić information content (AvgIpc) is 2.90. The Morgan fingerprint density at radius 1 is 1.23 bits per heavy atom. The van der Waals surface area contributed by atoms with Crippen molar-refractivity contribution in [2.75, 3.05) is 0 Å². The fourth-order valence-corrected chi connectivity index (χ4v) is 2.46. The van der Waals surface area contributed by atoms with Crippen molar-refractivity contribution in [1.82, 2.24) is 14.9 Å². The Morgan fingerprint density at radius 2 is 2.00 bits per heavy atom. The van der Waals surface area contributed by atoms with Gasteiger partial charge in [-0.15, -0.1) is 0 Å². The molecule has 0 amide bonds. The van der Waals surface area contributed by atoms with E-state index in [1.54, 1.807) is 12.1 Å². The van der Waals surface area contributed by atoms with Crippen molar-refractivity contribution in [3.8, 4) is 11.4 Å². The molecular formula is C15H10BrFN4S. The molecule has 4 nitrogen and oxygen atoms in total. The van der Waals surface area contributed by atoms with Crippen LogP contribution in [0.2, 0.25) is 0 Å². The first-order valence-electron chi connectivity index (χ1n) is 6.37. The van der Waals surface area contributed by atoms with Crippen LogP contribution in [0, 0.1) is 10.6 Å². The number of aromatic nitrogens is 3. The Balaban J connectivity index is 2.03. The zero-order valence-corrected chi connectivity index (χ0v) is 13.6. The monoisotopic (exact) mass is 376 g/mol. The molecule has 0 aliphatic heterocycles. The maximum Gasteiger partial charge on any atom is 0.216 e. The maximum absolute atomic E-state index is 13.8. The van der Waals surface area contributed by atoms with E-state index in [9.17, 15) is 4.39 Å². The number of H-pyrrole nitrogens is 1. The van der Waals surface area contributed by atoms with E-state index in [0.29, 0.717) is 16.2 Å². The molecule has 0 unspecified atom stereocenters. The molecule has 0 saturated heterocycles. The number of rotatable bonds is 3.